The molecular weight excluding hydrogens is 208 g/mol. The van der Waals surface area contributed by atoms with Crippen LogP contribution in [-0.4, -0.2) is 23.3 Å². The van der Waals surface area contributed by atoms with Gasteiger partial charge in [0.15, 0.2) is 0 Å². The zero-order chi connectivity index (χ0) is 10.5. The van der Waals surface area contributed by atoms with Crippen LogP contribution in [0.2, 0.25) is 19.6 Å². The van der Waals surface area contributed by atoms with Crippen LogP contribution in [0.3, 0.4) is 0 Å². The Morgan fingerprint density at radius 1 is 1.31 bits per heavy atom. The molecule has 4 nitrogen and oxygen atoms in total. The lowest BCUT2D eigenvalue weighted by Gasteiger charge is -2.15. The second kappa shape index (κ2) is 4.90. The van der Waals surface area contributed by atoms with Crippen LogP contribution in [0.5, 0.6) is 0 Å². The topological polar surface area (TPSA) is 52.6 Å². The van der Waals surface area contributed by atoms with Gasteiger partial charge in [0.05, 0.1) is 6.61 Å². The molecule has 0 fully saturated rings. The van der Waals surface area contributed by atoms with E-state index < -0.39 is 18.7 Å². The van der Waals surface area contributed by atoms with Gasteiger partial charge in [-0.2, -0.15) is 8.42 Å². The molecule has 0 bridgehead atoms. The average Bonchev–Trinajstić information content (AvgIpc) is 1.81. The summed E-state index contributed by atoms with van der Waals surface area (Å²) in [6.45, 7) is 7.16. The van der Waals surface area contributed by atoms with Crippen LogP contribution in [0, 0.1) is 0 Å². The Labute approximate surface area is 81.0 Å². The van der Waals surface area contributed by atoms with Crippen molar-refractivity contribution in [3.63, 3.8) is 0 Å². The highest BCUT2D eigenvalue weighted by Crippen LogP contribution is 2.09. The van der Waals surface area contributed by atoms with Crippen LogP contribution in [0.25, 0.3) is 0 Å². The van der Waals surface area contributed by atoms with Crippen LogP contribution < -0.4 is 0 Å². The molecule has 0 aliphatic carbocycles. The van der Waals surface area contributed by atoms with Gasteiger partial charge < -0.3 is 0 Å². The maximum atomic E-state index is 11.1. The predicted molar refractivity (Wildman–Crippen MR) is 54.1 cm³/mol. The third-order valence-corrected chi connectivity index (χ3v) is 4.14. The first-order valence-corrected chi connectivity index (χ1v) is 8.72. The minimum atomic E-state index is -3.80. The highest BCUT2D eigenvalue weighted by atomic mass is 32.3. The molecule has 78 valence electrons. The lowest BCUT2D eigenvalue weighted by molar-refractivity contribution is 0.300. The van der Waals surface area contributed by atoms with E-state index in [2.05, 4.69) is 4.18 Å². The molecule has 0 saturated carbocycles. The number of rotatable bonds is 5. The van der Waals surface area contributed by atoms with Gasteiger partial charge in [0.25, 0.3) is 0 Å². The quantitative estimate of drug-likeness (QED) is 0.526. The van der Waals surface area contributed by atoms with Gasteiger partial charge in [-0.05, 0) is 26.6 Å². The van der Waals surface area contributed by atoms with Crippen molar-refractivity contribution in [2.75, 3.05) is 6.61 Å². The van der Waals surface area contributed by atoms with Gasteiger partial charge >= 0.3 is 10.4 Å². The Balaban J connectivity index is 4.11. The Morgan fingerprint density at radius 3 is 2.23 bits per heavy atom. The highest BCUT2D eigenvalue weighted by Gasteiger charge is 2.24. The molecule has 0 unspecified atom stereocenters. The van der Waals surface area contributed by atoms with E-state index >= 15 is 0 Å². The molecule has 0 aliphatic heterocycles. The van der Waals surface area contributed by atoms with Crippen molar-refractivity contribution in [2.24, 2.45) is 0 Å². The smallest absolute Gasteiger partial charge is 0.294 e. The van der Waals surface area contributed by atoms with Crippen molar-refractivity contribution in [3.05, 3.63) is 12.2 Å². The summed E-state index contributed by atoms with van der Waals surface area (Å²) < 4.78 is 31.5. The second-order valence-electron chi connectivity index (χ2n) is 3.46. The summed E-state index contributed by atoms with van der Waals surface area (Å²) in [4.78, 5) is 0. The summed E-state index contributed by atoms with van der Waals surface area (Å²) in [6.07, 6.45) is 3.31. The summed E-state index contributed by atoms with van der Waals surface area (Å²) in [6, 6.07) is 0. The van der Waals surface area contributed by atoms with Gasteiger partial charge in [0.1, 0.15) is 0 Å². The molecule has 0 atom stereocenters. The monoisotopic (exact) mass is 224 g/mol. The summed E-state index contributed by atoms with van der Waals surface area (Å²) in [5, 5.41) is 0. The Bertz CT molecular complexity index is 263. The van der Waals surface area contributed by atoms with E-state index in [4.69, 9.17) is 3.87 Å². The molecule has 0 spiro atoms. The first kappa shape index (κ1) is 12.8. The molecule has 0 amide bonds. The first-order chi connectivity index (χ1) is 5.77. The van der Waals surface area contributed by atoms with E-state index in [0.29, 0.717) is 0 Å². The summed E-state index contributed by atoms with van der Waals surface area (Å²) >= 11 is 0. The van der Waals surface area contributed by atoms with Gasteiger partial charge in [0, 0.05) is 0 Å². The van der Waals surface area contributed by atoms with E-state index in [1.807, 2.05) is 0 Å². The molecule has 0 aromatic rings. The summed E-state index contributed by atoms with van der Waals surface area (Å²) in [7, 11) is -5.89. The Kier molecular flexibility index (Phi) is 4.83. The zero-order valence-corrected chi connectivity index (χ0v) is 10.2. The third-order valence-electron chi connectivity index (χ3n) is 0.896. The molecule has 0 aromatic heterocycles. The van der Waals surface area contributed by atoms with Crippen LogP contribution in [0.4, 0.5) is 0 Å². The first-order valence-electron chi connectivity index (χ1n) is 3.98. The molecule has 0 saturated heterocycles. The van der Waals surface area contributed by atoms with Crippen molar-refractivity contribution < 1.29 is 16.5 Å². The van der Waals surface area contributed by atoms with E-state index in [1.165, 1.54) is 0 Å². The predicted octanol–water partition coefficient (Wildman–Crippen LogP) is 1.68. The van der Waals surface area contributed by atoms with E-state index in [-0.39, 0.29) is 6.61 Å². The van der Waals surface area contributed by atoms with Gasteiger partial charge in [-0.1, -0.05) is 12.2 Å². The molecule has 0 heterocycles. The normalized spacial score (nSPS) is 13.8. The molecule has 0 aromatic carbocycles. The zero-order valence-electron chi connectivity index (χ0n) is 8.40. The highest BCUT2D eigenvalue weighted by molar-refractivity contribution is 7.83. The maximum absolute atomic E-state index is 11.1. The molecule has 0 rings (SSSR count). The minimum absolute atomic E-state index is 0.0311. The van der Waals surface area contributed by atoms with Crippen molar-refractivity contribution >= 4 is 18.7 Å². The Morgan fingerprint density at radius 2 is 1.85 bits per heavy atom. The molecule has 0 N–H and O–H groups in total. The van der Waals surface area contributed by atoms with Crippen molar-refractivity contribution in [1.82, 2.24) is 0 Å². The van der Waals surface area contributed by atoms with E-state index in [9.17, 15) is 8.42 Å². The van der Waals surface area contributed by atoms with Crippen molar-refractivity contribution in [1.29, 1.82) is 0 Å². The maximum Gasteiger partial charge on any atom is 0.390 e. The van der Waals surface area contributed by atoms with Crippen LogP contribution in [0.1, 0.15) is 6.92 Å². The largest absolute Gasteiger partial charge is 0.390 e. The average molecular weight is 224 g/mol. The fourth-order valence-electron chi connectivity index (χ4n) is 0.549. The molecule has 0 radical (unpaired) electrons. The van der Waals surface area contributed by atoms with Crippen LogP contribution in [-0.2, 0) is 18.5 Å². The van der Waals surface area contributed by atoms with Crippen LogP contribution >= 0.6 is 0 Å². The SMILES string of the molecule is C/C=C\COS(=O)(=O)O[Si](C)(C)C. The fourth-order valence-corrected chi connectivity index (χ4v) is 3.44. The lowest BCUT2D eigenvalue weighted by Crippen LogP contribution is -2.30. The number of hydrogen-bond acceptors (Lipinski definition) is 4. The van der Waals surface area contributed by atoms with E-state index in [1.54, 1.807) is 38.7 Å². The third kappa shape index (κ3) is 8.17. The van der Waals surface area contributed by atoms with Crippen LogP contribution in [0.15, 0.2) is 12.2 Å². The lowest BCUT2D eigenvalue weighted by atomic mass is 10.6. The fraction of sp³-hybridized carbons (Fsp3) is 0.714. The molecule has 6 heteroatoms. The van der Waals surface area contributed by atoms with E-state index in [0.717, 1.165) is 0 Å². The number of allylic oxidation sites excluding steroid dienone is 1. The Hall–Kier alpha value is -0.173. The minimum Gasteiger partial charge on any atom is -0.294 e. The van der Waals surface area contributed by atoms with Gasteiger partial charge in [-0.3, -0.25) is 3.87 Å². The summed E-state index contributed by atoms with van der Waals surface area (Å²) in [5.74, 6) is 0. The molecular formula is C7H16O4SSi. The van der Waals surface area contributed by atoms with Gasteiger partial charge in [-0.25, -0.2) is 4.18 Å². The van der Waals surface area contributed by atoms with Crippen molar-refractivity contribution in [2.45, 2.75) is 26.6 Å². The second-order valence-corrected chi connectivity index (χ2v) is 9.40. The van der Waals surface area contributed by atoms with Crippen molar-refractivity contribution in [3.8, 4) is 0 Å². The van der Waals surface area contributed by atoms with Gasteiger partial charge in [0.2, 0.25) is 8.32 Å². The van der Waals surface area contributed by atoms with Gasteiger partial charge in [-0.15, -0.1) is 0 Å². The standard InChI is InChI=1S/C7H16O4SSi/c1-5-6-7-10-12(8,9)11-13(2,3)4/h5-6H,7H2,1-4H3/b6-5-. The molecule has 0 aliphatic rings. The molecule has 13 heavy (non-hydrogen) atoms. The number of hydrogen-bond donors (Lipinski definition) is 0. The summed E-state index contributed by atoms with van der Waals surface area (Å²) in [5.41, 5.74) is 0.